The van der Waals surface area contributed by atoms with Crippen LogP contribution in [0.2, 0.25) is 0 Å². The maximum absolute atomic E-state index is 14.1. The molecule has 1 fully saturated rings. The number of ether oxygens (including phenoxy) is 2. The number of aliphatic hydroxyl groups is 1. The fraction of sp³-hybridized carbons (Fsp3) is 0.538. The van der Waals surface area contributed by atoms with Crippen LogP contribution >= 0.6 is 0 Å². The number of methoxy groups -OCH3 is 2. The largest absolute Gasteiger partial charge is 0.492 e. The molecular weight excluding hydrogens is 223 g/mol. The van der Waals surface area contributed by atoms with Gasteiger partial charge in [-0.1, -0.05) is 0 Å². The molecule has 17 heavy (non-hydrogen) atoms. The summed E-state index contributed by atoms with van der Waals surface area (Å²) in [6, 6.07) is 1.72. The van der Waals surface area contributed by atoms with Crippen LogP contribution in [0.5, 0.6) is 11.5 Å². The van der Waals surface area contributed by atoms with E-state index >= 15 is 0 Å². The molecule has 1 saturated carbocycles. The molecule has 0 aromatic heterocycles. The van der Waals surface area contributed by atoms with Crippen LogP contribution in [0, 0.1) is 12.7 Å². The van der Waals surface area contributed by atoms with Crippen molar-refractivity contribution in [3.63, 3.8) is 0 Å². The molecule has 1 N–H and O–H groups in total. The highest BCUT2D eigenvalue weighted by Crippen LogP contribution is 2.42. The highest BCUT2D eigenvalue weighted by Gasteiger charge is 2.41. The van der Waals surface area contributed by atoms with Gasteiger partial charge in [0.05, 0.1) is 19.8 Å². The minimum absolute atomic E-state index is 0.117. The Balaban J connectivity index is 2.43. The SMILES string of the molecule is COc1c(C)cc(CC2(O)CC2)c(F)c1OC. The molecule has 2 rings (SSSR count). The quantitative estimate of drug-likeness (QED) is 0.877. The van der Waals surface area contributed by atoms with E-state index in [9.17, 15) is 9.50 Å². The minimum atomic E-state index is -0.715. The molecule has 0 aliphatic heterocycles. The summed E-state index contributed by atoms with van der Waals surface area (Å²) in [5.74, 6) is 0.0959. The van der Waals surface area contributed by atoms with Crippen LogP contribution in [0.3, 0.4) is 0 Å². The number of aryl methyl sites for hydroxylation is 1. The Morgan fingerprint density at radius 2 is 1.88 bits per heavy atom. The van der Waals surface area contributed by atoms with E-state index in [1.165, 1.54) is 14.2 Å². The molecule has 94 valence electrons. The van der Waals surface area contributed by atoms with E-state index in [0.29, 0.717) is 17.7 Å². The number of hydrogen-bond donors (Lipinski definition) is 1. The van der Waals surface area contributed by atoms with Crippen molar-refractivity contribution >= 4 is 0 Å². The third-order valence-corrected chi connectivity index (χ3v) is 3.19. The van der Waals surface area contributed by atoms with E-state index < -0.39 is 11.4 Å². The lowest BCUT2D eigenvalue weighted by molar-refractivity contribution is 0.149. The zero-order valence-electron chi connectivity index (χ0n) is 10.3. The third-order valence-electron chi connectivity index (χ3n) is 3.19. The zero-order chi connectivity index (χ0) is 12.6. The molecule has 3 nitrogen and oxygen atoms in total. The molecular formula is C13H17FO3. The fourth-order valence-corrected chi connectivity index (χ4v) is 2.06. The molecule has 0 atom stereocenters. The van der Waals surface area contributed by atoms with Crippen molar-refractivity contribution in [2.45, 2.75) is 31.8 Å². The molecule has 1 aromatic carbocycles. The number of benzene rings is 1. The Labute approximate surface area is 100 Å². The van der Waals surface area contributed by atoms with Gasteiger partial charge < -0.3 is 14.6 Å². The Morgan fingerprint density at radius 1 is 1.29 bits per heavy atom. The van der Waals surface area contributed by atoms with E-state index in [-0.39, 0.29) is 5.75 Å². The second-order valence-corrected chi connectivity index (χ2v) is 4.63. The number of halogens is 1. The Bertz CT molecular complexity index is 439. The molecule has 0 heterocycles. The summed E-state index contributed by atoms with van der Waals surface area (Å²) in [6.07, 6.45) is 1.81. The predicted molar refractivity (Wildman–Crippen MR) is 62.1 cm³/mol. The van der Waals surface area contributed by atoms with Crippen molar-refractivity contribution in [3.05, 3.63) is 23.0 Å². The van der Waals surface area contributed by atoms with Crippen LogP contribution in [0.1, 0.15) is 24.0 Å². The third kappa shape index (κ3) is 2.22. The van der Waals surface area contributed by atoms with E-state index in [1.54, 1.807) is 6.07 Å². The Hall–Kier alpha value is -1.29. The zero-order valence-corrected chi connectivity index (χ0v) is 10.3. The highest BCUT2D eigenvalue weighted by atomic mass is 19.1. The van der Waals surface area contributed by atoms with Gasteiger partial charge in [-0.05, 0) is 37.0 Å². The lowest BCUT2D eigenvalue weighted by Crippen LogP contribution is -2.13. The van der Waals surface area contributed by atoms with Crippen molar-refractivity contribution in [2.75, 3.05) is 14.2 Å². The second-order valence-electron chi connectivity index (χ2n) is 4.63. The lowest BCUT2D eigenvalue weighted by Gasteiger charge is -2.16. The predicted octanol–water partition coefficient (Wildman–Crippen LogP) is 2.22. The first-order valence-corrected chi connectivity index (χ1v) is 5.63. The first kappa shape index (κ1) is 12.2. The monoisotopic (exact) mass is 240 g/mol. The topological polar surface area (TPSA) is 38.7 Å². The van der Waals surface area contributed by atoms with Gasteiger partial charge in [-0.15, -0.1) is 0 Å². The van der Waals surface area contributed by atoms with Gasteiger partial charge in [0.15, 0.2) is 17.3 Å². The summed E-state index contributed by atoms with van der Waals surface area (Å²) in [5, 5.41) is 9.85. The molecule has 0 bridgehead atoms. The van der Waals surface area contributed by atoms with Crippen LogP contribution in [0.25, 0.3) is 0 Å². The summed E-state index contributed by atoms with van der Waals surface area (Å²) in [7, 11) is 2.90. The minimum Gasteiger partial charge on any atom is -0.492 e. The normalized spacial score (nSPS) is 16.8. The molecule has 1 aliphatic rings. The van der Waals surface area contributed by atoms with Gasteiger partial charge in [-0.25, -0.2) is 4.39 Å². The van der Waals surface area contributed by atoms with E-state index in [1.807, 2.05) is 6.92 Å². The average molecular weight is 240 g/mol. The van der Waals surface area contributed by atoms with Gasteiger partial charge in [0.2, 0.25) is 0 Å². The second kappa shape index (κ2) is 4.18. The van der Waals surface area contributed by atoms with Gasteiger partial charge in [-0.2, -0.15) is 0 Å². The molecule has 1 aromatic rings. The molecule has 0 saturated heterocycles. The summed E-state index contributed by atoms with van der Waals surface area (Å²) in [6.45, 7) is 1.83. The lowest BCUT2D eigenvalue weighted by atomic mass is 10.0. The maximum Gasteiger partial charge on any atom is 0.197 e. The van der Waals surface area contributed by atoms with E-state index in [2.05, 4.69) is 0 Å². The van der Waals surface area contributed by atoms with Crippen molar-refractivity contribution < 1.29 is 19.0 Å². The summed E-state index contributed by atoms with van der Waals surface area (Å²) in [4.78, 5) is 0. The Morgan fingerprint density at radius 3 is 2.35 bits per heavy atom. The van der Waals surface area contributed by atoms with Crippen molar-refractivity contribution in [1.82, 2.24) is 0 Å². The highest BCUT2D eigenvalue weighted by molar-refractivity contribution is 5.50. The molecule has 0 unspecified atom stereocenters. The number of hydrogen-bond acceptors (Lipinski definition) is 3. The standard InChI is InChI=1S/C13H17FO3/c1-8-6-9(7-13(15)4-5-13)10(14)12(17-3)11(8)16-2/h6,15H,4-5,7H2,1-3H3. The van der Waals surface area contributed by atoms with Crippen LogP contribution in [-0.2, 0) is 6.42 Å². The first-order valence-electron chi connectivity index (χ1n) is 5.63. The summed E-state index contributed by atoms with van der Waals surface area (Å²) in [5.41, 5.74) is 0.581. The van der Waals surface area contributed by atoms with Gasteiger partial charge in [0.25, 0.3) is 0 Å². The number of rotatable bonds is 4. The van der Waals surface area contributed by atoms with Crippen molar-refractivity contribution in [2.24, 2.45) is 0 Å². The summed E-state index contributed by atoms with van der Waals surface area (Å²) >= 11 is 0. The van der Waals surface area contributed by atoms with Crippen LogP contribution < -0.4 is 9.47 Å². The molecule has 0 spiro atoms. The van der Waals surface area contributed by atoms with Crippen LogP contribution in [0.15, 0.2) is 6.07 Å². The van der Waals surface area contributed by atoms with E-state index in [4.69, 9.17) is 9.47 Å². The molecule has 0 amide bonds. The maximum atomic E-state index is 14.1. The molecule has 4 heteroatoms. The average Bonchev–Trinajstić information content (AvgIpc) is 3.00. The van der Waals surface area contributed by atoms with Gasteiger partial charge in [0, 0.05) is 6.42 Å². The fourth-order valence-electron chi connectivity index (χ4n) is 2.06. The first-order chi connectivity index (χ1) is 8.00. The smallest absolute Gasteiger partial charge is 0.197 e. The van der Waals surface area contributed by atoms with Gasteiger partial charge in [-0.3, -0.25) is 0 Å². The molecule has 0 radical (unpaired) electrons. The Kier molecular flexibility index (Phi) is 3.00. The van der Waals surface area contributed by atoms with Crippen molar-refractivity contribution in [3.8, 4) is 11.5 Å². The van der Waals surface area contributed by atoms with E-state index in [0.717, 1.165) is 18.4 Å². The molecule has 1 aliphatic carbocycles. The van der Waals surface area contributed by atoms with Crippen molar-refractivity contribution in [1.29, 1.82) is 0 Å². The van der Waals surface area contributed by atoms with Crippen LogP contribution in [-0.4, -0.2) is 24.9 Å². The van der Waals surface area contributed by atoms with Crippen LogP contribution in [0.4, 0.5) is 4.39 Å². The summed E-state index contributed by atoms with van der Waals surface area (Å²) < 4.78 is 24.3. The van der Waals surface area contributed by atoms with Gasteiger partial charge in [0.1, 0.15) is 0 Å². The van der Waals surface area contributed by atoms with Gasteiger partial charge >= 0.3 is 0 Å².